The summed E-state index contributed by atoms with van der Waals surface area (Å²) in [4.78, 5) is 0.00378. The van der Waals surface area contributed by atoms with E-state index in [9.17, 15) is 0 Å². The van der Waals surface area contributed by atoms with Crippen molar-refractivity contribution in [3.63, 3.8) is 0 Å². The molecule has 4 heteroatoms. The van der Waals surface area contributed by atoms with Gasteiger partial charge in [-0.05, 0) is 36.1 Å². The molecule has 1 nitrogen and oxygen atoms in total. The van der Waals surface area contributed by atoms with Gasteiger partial charge in [0.05, 0.1) is 16.5 Å². The van der Waals surface area contributed by atoms with Gasteiger partial charge in [-0.3, -0.25) is 0 Å². The highest BCUT2D eigenvalue weighted by molar-refractivity contribution is 9.09. The van der Waals surface area contributed by atoms with Crippen molar-refractivity contribution in [2.45, 2.75) is 25.1 Å². The molecule has 0 saturated carbocycles. The number of alkyl halides is 1. The van der Waals surface area contributed by atoms with Crippen molar-refractivity contribution >= 4 is 39.1 Å². The molecule has 0 amide bonds. The third-order valence-corrected chi connectivity index (χ3v) is 4.95. The van der Waals surface area contributed by atoms with E-state index in [0.29, 0.717) is 22.4 Å². The summed E-state index contributed by atoms with van der Waals surface area (Å²) in [5.74, 6) is 0.619. The zero-order chi connectivity index (χ0) is 15.4. The summed E-state index contributed by atoms with van der Waals surface area (Å²) in [7, 11) is 0. The number of halogens is 3. The van der Waals surface area contributed by atoms with Gasteiger partial charge in [-0.25, -0.2) is 0 Å². The molecule has 112 valence electrons. The minimum Gasteiger partial charge on any atom is -0.492 e. The molecule has 0 N–H and O–H groups in total. The van der Waals surface area contributed by atoms with Crippen LogP contribution >= 0.6 is 39.1 Å². The molecule has 0 spiro atoms. The molecule has 0 saturated heterocycles. The Kier molecular flexibility index (Phi) is 5.98. The fourth-order valence-corrected chi connectivity index (χ4v) is 3.41. The van der Waals surface area contributed by atoms with Crippen molar-refractivity contribution in [2.75, 3.05) is 6.61 Å². The van der Waals surface area contributed by atoms with Crippen LogP contribution in [0.25, 0.3) is 0 Å². The van der Waals surface area contributed by atoms with Crippen molar-refractivity contribution < 1.29 is 4.74 Å². The zero-order valence-electron chi connectivity index (χ0n) is 12.0. The van der Waals surface area contributed by atoms with E-state index in [-0.39, 0.29) is 4.83 Å². The first-order valence-corrected chi connectivity index (χ1v) is 8.58. The fourth-order valence-electron chi connectivity index (χ4n) is 2.11. The molecule has 0 heterocycles. The minimum absolute atomic E-state index is 0.00378. The lowest BCUT2D eigenvalue weighted by Crippen LogP contribution is -1.97. The molecular formula is C17H17BrCl2O. The molecule has 0 aromatic heterocycles. The Morgan fingerprint density at radius 2 is 1.71 bits per heavy atom. The molecule has 0 aliphatic heterocycles. The summed E-state index contributed by atoms with van der Waals surface area (Å²) in [6.07, 6.45) is 1.03. The molecular weight excluding hydrogens is 371 g/mol. The Balaban J connectivity index is 2.33. The van der Waals surface area contributed by atoms with Gasteiger partial charge in [0.15, 0.2) is 0 Å². The summed E-state index contributed by atoms with van der Waals surface area (Å²) in [5.41, 5.74) is 3.40. The Hall–Kier alpha value is -0.700. The van der Waals surface area contributed by atoms with Crippen LogP contribution in [-0.2, 0) is 6.42 Å². The molecule has 2 rings (SSSR count). The highest BCUT2D eigenvalue weighted by atomic mass is 79.9. The van der Waals surface area contributed by atoms with Gasteiger partial charge in [-0.15, -0.1) is 0 Å². The monoisotopic (exact) mass is 386 g/mol. The largest absolute Gasteiger partial charge is 0.492 e. The number of hydrogen-bond acceptors (Lipinski definition) is 1. The topological polar surface area (TPSA) is 9.23 Å². The molecule has 0 radical (unpaired) electrons. The molecule has 0 aliphatic rings. The number of ether oxygens (including phenoxy) is 1. The third-order valence-electron chi connectivity index (χ3n) is 3.30. The highest BCUT2D eigenvalue weighted by Crippen LogP contribution is 2.40. The van der Waals surface area contributed by atoms with Crippen LogP contribution in [0.1, 0.15) is 35.4 Å². The average molecular weight is 388 g/mol. The standard InChI is InChI=1S/C17H17BrCl2O/c1-3-11-5-7-12(8-6-11)17(18)13-9-15(20)16(21-4-2)10-14(13)19/h5-10,17H,3-4H2,1-2H3. The normalized spacial score (nSPS) is 12.2. The van der Waals surface area contributed by atoms with Gasteiger partial charge in [-0.1, -0.05) is 70.3 Å². The van der Waals surface area contributed by atoms with E-state index in [1.807, 2.05) is 13.0 Å². The predicted octanol–water partition coefficient (Wildman–Crippen LogP) is 6.44. The van der Waals surface area contributed by atoms with Crippen LogP contribution in [0.4, 0.5) is 0 Å². The van der Waals surface area contributed by atoms with E-state index >= 15 is 0 Å². The molecule has 0 bridgehead atoms. The van der Waals surface area contributed by atoms with E-state index in [1.54, 1.807) is 6.07 Å². The summed E-state index contributed by atoms with van der Waals surface area (Å²) in [5, 5.41) is 1.22. The van der Waals surface area contributed by atoms with Crippen LogP contribution in [0.5, 0.6) is 5.75 Å². The lowest BCUT2D eigenvalue weighted by atomic mass is 10.0. The van der Waals surface area contributed by atoms with Gasteiger partial charge in [-0.2, -0.15) is 0 Å². The number of benzene rings is 2. The third kappa shape index (κ3) is 3.94. The van der Waals surface area contributed by atoms with Crippen LogP contribution in [-0.4, -0.2) is 6.61 Å². The van der Waals surface area contributed by atoms with E-state index < -0.39 is 0 Å². The fraction of sp³-hybridized carbons (Fsp3) is 0.294. The van der Waals surface area contributed by atoms with Gasteiger partial charge in [0.2, 0.25) is 0 Å². The van der Waals surface area contributed by atoms with E-state index in [0.717, 1.165) is 17.5 Å². The summed E-state index contributed by atoms with van der Waals surface area (Å²) < 4.78 is 5.46. The van der Waals surface area contributed by atoms with Crippen LogP contribution < -0.4 is 4.74 Å². The minimum atomic E-state index is 0.00378. The van der Waals surface area contributed by atoms with Crippen LogP contribution in [0.2, 0.25) is 10.0 Å². The maximum Gasteiger partial charge on any atom is 0.139 e. The highest BCUT2D eigenvalue weighted by Gasteiger charge is 2.17. The molecule has 21 heavy (non-hydrogen) atoms. The first kappa shape index (κ1) is 16.7. The molecule has 1 atom stereocenters. The SMILES string of the molecule is CCOc1cc(Cl)c(C(Br)c2ccc(CC)cc2)cc1Cl. The summed E-state index contributed by atoms with van der Waals surface area (Å²) in [6.45, 7) is 4.62. The predicted molar refractivity (Wildman–Crippen MR) is 94.2 cm³/mol. The molecule has 0 fully saturated rings. The lowest BCUT2D eigenvalue weighted by molar-refractivity contribution is 0.340. The van der Waals surface area contributed by atoms with Crippen molar-refractivity contribution in [1.29, 1.82) is 0 Å². The van der Waals surface area contributed by atoms with Crippen molar-refractivity contribution in [3.8, 4) is 5.75 Å². The quantitative estimate of drug-likeness (QED) is 0.536. The first-order chi connectivity index (χ1) is 10.1. The summed E-state index contributed by atoms with van der Waals surface area (Å²) >= 11 is 16.3. The van der Waals surface area contributed by atoms with Gasteiger partial charge < -0.3 is 4.74 Å². The summed E-state index contributed by atoms with van der Waals surface area (Å²) in [6, 6.07) is 12.1. The first-order valence-electron chi connectivity index (χ1n) is 6.91. The van der Waals surface area contributed by atoms with Crippen molar-refractivity contribution in [3.05, 3.63) is 63.1 Å². The molecule has 2 aromatic rings. The Bertz CT molecular complexity index is 611. The van der Waals surface area contributed by atoms with Gasteiger partial charge in [0, 0.05) is 11.1 Å². The number of hydrogen-bond donors (Lipinski definition) is 0. The van der Waals surface area contributed by atoms with Crippen LogP contribution in [0.15, 0.2) is 36.4 Å². The van der Waals surface area contributed by atoms with Crippen molar-refractivity contribution in [2.24, 2.45) is 0 Å². The van der Waals surface area contributed by atoms with E-state index in [4.69, 9.17) is 27.9 Å². The van der Waals surface area contributed by atoms with Crippen LogP contribution in [0.3, 0.4) is 0 Å². The number of aryl methyl sites for hydroxylation is 1. The molecule has 0 aliphatic carbocycles. The second-order valence-corrected chi connectivity index (χ2v) is 6.42. The Morgan fingerprint density at radius 1 is 1.05 bits per heavy atom. The van der Waals surface area contributed by atoms with Crippen LogP contribution in [0, 0.1) is 0 Å². The van der Waals surface area contributed by atoms with Crippen molar-refractivity contribution in [1.82, 2.24) is 0 Å². The van der Waals surface area contributed by atoms with Gasteiger partial charge in [0.25, 0.3) is 0 Å². The second-order valence-electron chi connectivity index (χ2n) is 4.69. The Morgan fingerprint density at radius 3 is 2.29 bits per heavy atom. The van der Waals surface area contributed by atoms with Gasteiger partial charge >= 0.3 is 0 Å². The maximum absolute atomic E-state index is 6.37. The lowest BCUT2D eigenvalue weighted by Gasteiger charge is -2.15. The molecule has 2 aromatic carbocycles. The average Bonchev–Trinajstić information content (AvgIpc) is 2.50. The van der Waals surface area contributed by atoms with Gasteiger partial charge in [0.1, 0.15) is 5.75 Å². The zero-order valence-corrected chi connectivity index (χ0v) is 15.1. The maximum atomic E-state index is 6.37. The number of rotatable bonds is 5. The van der Waals surface area contributed by atoms with E-state index in [2.05, 4.69) is 47.1 Å². The second kappa shape index (κ2) is 7.53. The smallest absolute Gasteiger partial charge is 0.139 e. The Labute approximate surface area is 144 Å². The molecule has 1 unspecified atom stereocenters. The van der Waals surface area contributed by atoms with E-state index in [1.165, 1.54) is 5.56 Å².